The van der Waals surface area contributed by atoms with Crippen LogP contribution in [0.4, 0.5) is 0 Å². The van der Waals surface area contributed by atoms with Gasteiger partial charge in [-0.15, -0.1) is 0 Å². The second-order valence-corrected chi connectivity index (χ2v) is 12.4. The van der Waals surface area contributed by atoms with E-state index in [0.717, 1.165) is 55.6 Å². The van der Waals surface area contributed by atoms with Crippen LogP contribution in [0.3, 0.4) is 0 Å². The summed E-state index contributed by atoms with van der Waals surface area (Å²) in [5.41, 5.74) is 5.11. The lowest BCUT2D eigenvalue weighted by molar-refractivity contribution is -0.136. The Hall–Kier alpha value is -2.86. The molecule has 2 aliphatic rings. The molecule has 1 atom stereocenters. The summed E-state index contributed by atoms with van der Waals surface area (Å²) in [5.74, 6) is 0.810. The number of carbonyl (C=O) groups is 2. The van der Waals surface area contributed by atoms with Crippen molar-refractivity contribution in [3.63, 3.8) is 0 Å². The van der Waals surface area contributed by atoms with Crippen LogP contribution in [0.5, 0.6) is 0 Å². The number of aryl methyl sites for hydroxylation is 2. The molecule has 2 fully saturated rings. The van der Waals surface area contributed by atoms with Gasteiger partial charge in [0.15, 0.2) is 0 Å². The van der Waals surface area contributed by atoms with Gasteiger partial charge in [0.1, 0.15) is 0 Å². The first-order valence-electron chi connectivity index (χ1n) is 14.6. The minimum absolute atomic E-state index is 0.00710. The molecule has 216 valence electrons. The molecule has 0 aliphatic carbocycles. The van der Waals surface area contributed by atoms with E-state index in [1.807, 2.05) is 47.9 Å². The van der Waals surface area contributed by atoms with Crippen LogP contribution in [0.2, 0.25) is 10.0 Å². The van der Waals surface area contributed by atoms with Crippen LogP contribution in [-0.4, -0.2) is 65.8 Å². The molecular weight excluding hydrogens is 553 g/mol. The minimum Gasteiger partial charge on any atom is -0.334 e. The number of nitrogens with zero attached hydrogens (tertiary/aromatic N) is 3. The SMILES string of the molecule is Cc1cc(C)cc(C(=O)N2CCN(C(=O)CCN3CCC(Cc4ccccc4)CC3)C(c3ccc(Cl)c(Cl)c3)C2)c1. The molecule has 2 aliphatic heterocycles. The average Bonchev–Trinajstić information content (AvgIpc) is 2.97. The Morgan fingerprint density at radius 3 is 2.22 bits per heavy atom. The maximum atomic E-state index is 13.7. The van der Waals surface area contributed by atoms with Gasteiger partial charge in [0.25, 0.3) is 5.91 Å². The maximum Gasteiger partial charge on any atom is 0.254 e. The van der Waals surface area contributed by atoms with Crippen LogP contribution < -0.4 is 0 Å². The smallest absolute Gasteiger partial charge is 0.254 e. The molecule has 3 aromatic carbocycles. The Morgan fingerprint density at radius 1 is 0.829 bits per heavy atom. The average molecular weight is 593 g/mol. The first-order chi connectivity index (χ1) is 19.8. The van der Waals surface area contributed by atoms with Crippen molar-refractivity contribution in [2.75, 3.05) is 39.3 Å². The minimum atomic E-state index is -0.280. The summed E-state index contributed by atoms with van der Waals surface area (Å²) in [6.07, 6.45) is 3.92. The van der Waals surface area contributed by atoms with E-state index in [1.54, 1.807) is 6.07 Å². The predicted octanol–water partition coefficient (Wildman–Crippen LogP) is 6.98. The maximum absolute atomic E-state index is 13.7. The molecular formula is C34H39Cl2N3O2. The number of carbonyl (C=O) groups excluding carboxylic acids is 2. The zero-order chi connectivity index (χ0) is 28.9. The number of rotatable bonds is 7. The Kier molecular flexibility index (Phi) is 9.69. The number of amides is 2. The molecule has 0 aromatic heterocycles. The lowest BCUT2D eigenvalue weighted by Crippen LogP contribution is -2.52. The van der Waals surface area contributed by atoms with E-state index in [0.29, 0.717) is 47.6 Å². The van der Waals surface area contributed by atoms with Gasteiger partial charge in [0, 0.05) is 38.2 Å². The lowest BCUT2D eigenvalue weighted by atomic mass is 9.90. The first-order valence-corrected chi connectivity index (χ1v) is 15.4. The lowest BCUT2D eigenvalue weighted by Gasteiger charge is -2.42. The van der Waals surface area contributed by atoms with E-state index in [2.05, 4.69) is 41.3 Å². The van der Waals surface area contributed by atoms with E-state index in [9.17, 15) is 9.59 Å². The summed E-state index contributed by atoms with van der Waals surface area (Å²) in [5, 5.41) is 0.927. The largest absolute Gasteiger partial charge is 0.334 e. The van der Waals surface area contributed by atoms with Gasteiger partial charge in [-0.05, 0) is 87.5 Å². The number of likely N-dealkylation sites (tertiary alicyclic amines) is 1. The highest BCUT2D eigenvalue weighted by Crippen LogP contribution is 2.32. The number of benzene rings is 3. The molecule has 7 heteroatoms. The number of piperazine rings is 1. The number of hydrogen-bond acceptors (Lipinski definition) is 3. The van der Waals surface area contributed by atoms with Crippen LogP contribution >= 0.6 is 23.2 Å². The monoisotopic (exact) mass is 591 g/mol. The molecule has 2 heterocycles. The third kappa shape index (κ3) is 7.51. The van der Waals surface area contributed by atoms with Crippen molar-refractivity contribution in [3.8, 4) is 0 Å². The highest BCUT2D eigenvalue weighted by Gasteiger charge is 2.34. The third-order valence-corrected chi connectivity index (χ3v) is 9.24. The van der Waals surface area contributed by atoms with Crippen molar-refractivity contribution >= 4 is 35.0 Å². The van der Waals surface area contributed by atoms with Gasteiger partial charge < -0.3 is 14.7 Å². The summed E-state index contributed by atoms with van der Waals surface area (Å²) in [6.45, 7) is 8.22. The fourth-order valence-electron chi connectivity index (χ4n) is 6.31. The summed E-state index contributed by atoms with van der Waals surface area (Å²) in [6, 6.07) is 21.9. The normalized spacial score (nSPS) is 18.5. The van der Waals surface area contributed by atoms with Gasteiger partial charge in [0.05, 0.1) is 16.1 Å². The standard InChI is InChI=1S/C34H39Cl2N3O2/c1-24-18-25(2)20-29(19-24)34(41)38-16-17-39(32(23-38)28-8-9-30(35)31(36)22-28)33(40)12-15-37-13-10-27(11-14-37)21-26-6-4-3-5-7-26/h3-9,18-20,22,27,32H,10-17,21,23H2,1-2H3. The molecule has 3 aromatic rings. The van der Waals surface area contributed by atoms with Crippen LogP contribution in [0, 0.1) is 19.8 Å². The van der Waals surface area contributed by atoms with Gasteiger partial charge in [-0.25, -0.2) is 0 Å². The summed E-state index contributed by atoms with van der Waals surface area (Å²) >= 11 is 12.6. The summed E-state index contributed by atoms with van der Waals surface area (Å²) in [7, 11) is 0. The van der Waals surface area contributed by atoms with Crippen molar-refractivity contribution < 1.29 is 9.59 Å². The van der Waals surface area contributed by atoms with Crippen molar-refractivity contribution in [1.82, 2.24) is 14.7 Å². The van der Waals surface area contributed by atoms with Gasteiger partial charge in [-0.2, -0.15) is 0 Å². The first kappa shape index (κ1) is 29.6. The molecule has 0 radical (unpaired) electrons. The summed E-state index contributed by atoms with van der Waals surface area (Å²) < 4.78 is 0. The van der Waals surface area contributed by atoms with Gasteiger partial charge in [-0.1, -0.05) is 76.8 Å². The Bertz CT molecular complexity index is 1350. The molecule has 5 nitrogen and oxygen atoms in total. The van der Waals surface area contributed by atoms with E-state index < -0.39 is 0 Å². The third-order valence-electron chi connectivity index (χ3n) is 8.50. The highest BCUT2D eigenvalue weighted by atomic mass is 35.5. The van der Waals surface area contributed by atoms with Crippen molar-refractivity contribution in [3.05, 3.63) is 105 Å². The van der Waals surface area contributed by atoms with E-state index >= 15 is 0 Å². The van der Waals surface area contributed by atoms with Crippen LogP contribution in [-0.2, 0) is 11.2 Å². The zero-order valence-corrected chi connectivity index (χ0v) is 25.5. The van der Waals surface area contributed by atoms with Crippen molar-refractivity contribution in [2.45, 2.75) is 45.6 Å². The van der Waals surface area contributed by atoms with Gasteiger partial charge in [-0.3, -0.25) is 9.59 Å². The Balaban J connectivity index is 1.23. The zero-order valence-electron chi connectivity index (χ0n) is 24.0. The van der Waals surface area contributed by atoms with Crippen LogP contribution in [0.15, 0.2) is 66.7 Å². The molecule has 0 saturated carbocycles. The molecule has 0 bridgehead atoms. The van der Waals surface area contributed by atoms with E-state index in [1.165, 1.54) is 5.56 Å². The van der Waals surface area contributed by atoms with Gasteiger partial charge >= 0.3 is 0 Å². The second kappa shape index (κ2) is 13.4. The number of hydrogen-bond donors (Lipinski definition) is 0. The molecule has 2 saturated heterocycles. The van der Waals surface area contributed by atoms with Crippen LogP contribution in [0.1, 0.15) is 57.9 Å². The Labute approximate surface area is 254 Å². The van der Waals surface area contributed by atoms with Gasteiger partial charge in [0.2, 0.25) is 5.91 Å². The summed E-state index contributed by atoms with van der Waals surface area (Å²) in [4.78, 5) is 33.4. The predicted molar refractivity (Wildman–Crippen MR) is 167 cm³/mol. The number of piperidine rings is 1. The van der Waals surface area contributed by atoms with E-state index in [-0.39, 0.29) is 17.9 Å². The molecule has 0 N–H and O–H groups in total. The Morgan fingerprint density at radius 2 is 1.54 bits per heavy atom. The second-order valence-electron chi connectivity index (χ2n) is 11.6. The molecule has 0 spiro atoms. The van der Waals surface area contributed by atoms with Crippen LogP contribution in [0.25, 0.3) is 0 Å². The quantitative estimate of drug-likeness (QED) is 0.297. The number of halogens is 2. The molecule has 1 unspecified atom stereocenters. The highest BCUT2D eigenvalue weighted by molar-refractivity contribution is 6.42. The fraction of sp³-hybridized carbons (Fsp3) is 0.412. The topological polar surface area (TPSA) is 43.9 Å². The molecule has 2 amide bonds. The molecule has 5 rings (SSSR count). The van der Waals surface area contributed by atoms with E-state index in [4.69, 9.17) is 23.2 Å². The van der Waals surface area contributed by atoms with Crippen molar-refractivity contribution in [1.29, 1.82) is 0 Å². The molecule has 41 heavy (non-hydrogen) atoms. The van der Waals surface area contributed by atoms with Crippen molar-refractivity contribution in [2.24, 2.45) is 5.92 Å². The fourth-order valence-corrected chi connectivity index (χ4v) is 6.62.